The number of pyridine rings is 1. The highest BCUT2D eigenvalue weighted by Gasteiger charge is 2.42. The summed E-state index contributed by atoms with van der Waals surface area (Å²) in [5.74, 6) is 1.13. The van der Waals surface area contributed by atoms with Crippen LogP contribution in [-0.4, -0.2) is 27.5 Å². The molecular formula is C20H21N7O. The predicted octanol–water partition coefficient (Wildman–Crippen LogP) is 3.00. The molecule has 0 saturated heterocycles. The third-order valence-corrected chi connectivity index (χ3v) is 5.37. The van der Waals surface area contributed by atoms with E-state index in [1.807, 2.05) is 41.3 Å². The standard InChI is InChI=1S/C20H21N7O/c21-18-25-19(22)27(20(26-18)9-2-1-3-10-20)14-7-4-6-13(12-14)17-24-16-15(28-17)8-5-11-23-16/h4-8,11-12H,1-3,9-10H2,(H4,21,22,25,26). The zero-order chi connectivity index (χ0) is 19.1. The summed E-state index contributed by atoms with van der Waals surface area (Å²) in [6.45, 7) is 0. The van der Waals surface area contributed by atoms with Crippen LogP contribution in [0.1, 0.15) is 32.1 Å². The van der Waals surface area contributed by atoms with Gasteiger partial charge >= 0.3 is 0 Å². The third kappa shape index (κ3) is 2.69. The van der Waals surface area contributed by atoms with Crippen molar-refractivity contribution < 1.29 is 4.42 Å². The average molecular weight is 375 g/mol. The Hall–Kier alpha value is -3.42. The molecule has 1 fully saturated rings. The molecule has 2 aromatic heterocycles. The number of benzene rings is 1. The molecule has 0 amide bonds. The van der Waals surface area contributed by atoms with Gasteiger partial charge in [0.2, 0.25) is 17.8 Å². The minimum Gasteiger partial charge on any atom is -0.434 e. The minimum absolute atomic E-state index is 0.247. The summed E-state index contributed by atoms with van der Waals surface area (Å²) in [6, 6.07) is 11.6. The Balaban J connectivity index is 1.59. The number of nitrogens with two attached hydrogens (primary N) is 2. The van der Waals surface area contributed by atoms with E-state index in [1.54, 1.807) is 6.20 Å². The van der Waals surface area contributed by atoms with Gasteiger partial charge in [-0.2, -0.15) is 9.98 Å². The summed E-state index contributed by atoms with van der Waals surface area (Å²) < 4.78 is 5.88. The molecule has 3 heterocycles. The molecule has 1 aliphatic heterocycles. The largest absolute Gasteiger partial charge is 0.434 e. The van der Waals surface area contributed by atoms with Crippen molar-refractivity contribution in [1.82, 2.24) is 9.97 Å². The Morgan fingerprint density at radius 1 is 1.04 bits per heavy atom. The quantitative estimate of drug-likeness (QED) is 0.711. The molecule has 28 heavy (non-hydrogen) atoms. The van der Waals surface area contributed by atoms with Gasteiger partial charge < -0.3 is 15.9 Å². The number of oxazole rings is 1. The predicted molar refractivity (Wildman–Crippen MR) is 109 cm³/mol. The SMILES string of the molecule is NC1=NC2(CCCCC2)N(c2cccc(-c3nc4ncccc4o3)c2)C(N)=N1. The molecule has 2 aliphatic rings. The molecule has 1 aliphatic carbocycles. The van der Waals surface area contributed by atoms with Gasteiger partial charge in [0.15, 0.2) is 11.2 Å². The molecular weight excluding hydrogens is 354 g/mol. The monoisotopic (exact) mass is 375 g/mol. The summed E-state index contributed by atoms with van der Waals surface area (Å²) in [6.07, 6.45) is 6.83. The molecule has 3 aromatic rings. The molecule has 0 bridgehead atoms. The fourth-order valence-electron chi connectivity index (χ4n) is 4.17. The van der Waals surface area contributed by atoms with Crippen LogP contribution in [0.5, 0.6) is 0 Å². The molecule has 0 radical (unpaired) electrons. The lowest BCUT2D eigenvalue weighted by Gasteiger charge is -2.45. The lowest BCUT2D eigenvalue weighted by molar-refractivity contribution is 0.305. The number of aliphatic imine (C=N–C) groups is 2. The van der Waals surface area contributed by atoms with Crippen molar-refractivity contribution in [1.29, 1.82) is 0 Å². The first-order valence-electron chi connectivity index (χ1n) is 9.46. The number of nitrogens with zero attached hydrogens (tertiary/aromatic N) is 5. The van der Waals surface area contributed by atoms with Crippen molar-refractivity contribution >= 4 is 28.8 Å². The molecule has 8 nitrogen and oxygen atoms in total. The summed E-state index contributed by atoms with van der Waals surface area (Å²) in [5, 5.41) is 0. The molecule has 1 spiro atoms. The maximum Gasteiger partial charge on any atom is 0.228 e. The van der Waals surface area contributed by atoms with Crippen LogP contribution < -0.4 is 16.4 Å². The van der Waals surface area contributed by atoms with E-state index in [4.69, 9.17) is 20.9 Å². The van der Waals surface area contributed by atoms with Crippen LogP contribution in [-0.2, 0) is 0 Å². The fraction of sp³-hybridized carbons (Fsp3) is 0.300. The Bertz CT molecular complexity index is 1060. The number of hydrogen-bond acceptors (Lipinski definition) is 8. The first kappa shape index (κ1) is 16.7. The topological polar surface area (TPSA) is 119 Å². The highest BCUT2D eigenvalue weighted by atomic mass is 16.3. The molecule has 4 N–H and O–H groups in total. The Kier molecular flexibility index (Phi) is 3.78. The second-order valence-electron chi connectivity index (χ2n) is 7.21. The molecule has 142 valence electrons. The lowest BCUT2D eigenvalue weighted by atomic mass is 9.87. The Morgan fingerprint density at radius 3 is 2.71 bits per heavy atom. The van der Waals surface area contributed by atoms with Crippen LogP contribution in [0.2, 0.25) is 0 Å². The Morgan fingerprint density at radius 2 is 1.89 bits per heavy atom. The van der Waals surface area contributed by atoms with Crippen molar-refractivity contribution in [3.63, 3.8) is 0 Å². The molecule has 8 heteroatoms. The molecule has 1 aromatic carbocycles. The van der Waals surface area contributed by atoms with Crippen LogP contribution in [0.25, 0.3) is 22.7 Å². The van der Waals surface area contributed by atoms with E-state index in [2.05, 4.69) is 15.0 Å². The zero-order valence-electron chi connectivity index (χ0n) is 15.4. The van der Waals surface area contributed by atoms with Crippen molar-refractivity contribution in [3.8, 4) is 11.5 Å². The second kappa shape index (κ2) is 6.33. The Labute approximate surface area is 162 Å². The van der Waals surface area contributed by atoms with Crippen LogP contribution >= 0.6 is 0 Å². The van der Waals surface area contributed by atoms with E-state index in [0.29, 0.717) is 23.1 Å². The first-order chi connectivity index (χ1) is 13.6. The van der Waals surface area contributed by atoms with Gasteiger partial charge in [0.05, 0.1) is 0 Å². The van der Waals surface area contributed by atoms with Gasteiger partial charge in [-0.25, -0.2) is 9.98 Å². The van der Waals surface area contributed by atoms with E-state index in [0.717, 1.165) is 36.9 Å². The normalized spacial score (nSPS) is 18.9. The van der Waals surface area contributed by atoms with E-state index in [9.17, 15) is 0 Å². The number of aromatic nitrogens is 2. The van der Waals surface area contributed by atoms with E-state index in [1.165, 1.54) is 6.42 Å². The zero-order valence-corrected chi connectivity index (χ0v) is 15.4. The number of guanidine groups is 2. The van der Waals surface area contributed by atoms with Crippen LogP contribution in [0, 0.1) is 0 Å². The minimum atomic E-state index is -0.477. The van der Waals surface area contributed by atoms with Crippen molar-refractivity contribution in [2.75, 3.05) is 4.90 Å². The highest BCUT2D eigenvalue weighted by molar-refractivity contribution is 6.05. The summed E-state index contributed by atoms with van der Waals surface area (Å²) in [4.78, 5) is 19.7. The molecule has 1 saturated carbocycles. The molecule has 0 unspecified atom stereocenters. The van der Waals surface area contributed by atoms with Gasteiger partial charge in [-0.1, -0.05) is 12.5 Å². The van der Waals surface area contributed by atoms with Crippen molar-refractivity contribution in [2.24, 2.45) is 21.5 Å². The van der Waals surface area contributed by atoms with Gasteiger partial charge in [-0.05, 0) is 56.0 Å². The number of hydrogen-bond donors (Lipinski definition) is 2. The van der Waals surface area contributed by atoms with E-state index >= 15 is 0 Å². The number of rotatable bonds is 2. The molecule has 0 atom stereocenters. The molecule has 5 rings (SSSR count). The van der Waals surface area contributed by atoms with Gasteiger partial charge in [0, 0.05) is 17.4 Å². The van der Waals surface area contributed by atoms with Gasteiger partial charge in [0.25, 0.3) is 0 Å². The second-order valence-corrected chi connectivity index (χ2v) is 7.21. The summed E-state index contributed by atoms with van der Waals surface area (Å²) in [5.41, 5.74) is 14.8. The van der Waals surface area contributed by atoms with E-state index < -0.39 is 5.66 Å². The highest BCUT2D eigenvalue weighted by Crippen LogP contribution is 2.40. The smallest absolute Gasteiger partial charge is 0.228 e. The summed E-state index contributed by atoms with van der Waals surface area (Å²) in [7, 11) is 0. The van der Waals surface area contributed by atoms with Crippen LogP contribution in [0.15, 0.2) is 57.0 Å². The first-order valence-corrected chi connectivity index (χ1v) is 9.46. The van der Waals surface area contributed by atoms with Gasteiger partial charge in [-0.3, -0.25) is 4.90 Å². The van der Waals surface area contributed by atoms with Crippen molar-refractivity contribution in [3.05, 3.63) is 42.6 Å². The van der Waals surface area contributed by atoms with E-state index in [-0.39, 0.29) is 5.96 Å². The number of anilines is 1. The average Bonchev–Trinajstić information content (AvgIpc) is 3.12. The summed E-state index contributed by atoms with van der Waals surface area (Å²) >= 11 is 0. The maximum absolute atomic E-state index is 6.32. The number of fused-ring (bicyclic) bond motifs is 1. The van der Waals surface area contributed by atoms with Crippen molar-refractivity contribution in [2.45, 2.75) is 37.8 Å². The third-order valence-electron chi connectivity index (χ3n) is 5.37. The van der Waals surface area contributed by atoms with Crippen LogP contribution in [0.4, 0.5) is 5.69 Å². The van der Waals surface area contributed by atoms with Crippen LogP contribution in [0.3, 0.4) is 0 Å². The fourth-order valence-corrected chi connectivity index (χ4v) is 4.17. The maximum atomic E-state index is 6.32. The lowest BCUT2D eigenvalue weighted by Crippen LogP contribution is -2.58. The van der Waals surface area contributed by atoms with Gasteiger partial charge in [0.1, 0.15) is 5.66 Å². The van der Waals surface area contributed by atoms with Gasteiger partial charge in [-0.15, -0.1) is 0 Å².